The van der Waals surface area contributed by atoms with Crippen molar-refractivity contribution in [2.24, 2.45) is 5.92 Å². The molecular formula is C34H34FN3O2. The minimum Gasteiger partial charge on any atom is -0.508 e. The highest BCUT2D eigenvalue weighted by molar-refractivity contribution is 5.76. The standard InChI is InChI=1S/C34H34FN3O2/c1-22-29-21-36-38(28-16-14-27(35)15-17-28)31(29)20-26-12-11-25(34(22)26)19-30(23-7-3-2-4-8-23)37-33(40)18-13-24-9-5-6-10-32(24)39/h2-10,14-17,21-22,25,30,39H,11-13,18-20H2,1H3,(H,37,40)/t22-,25+,30?/m0/s1. The fraction of sp³-hybridized carbons (Fsp3) is 0.294. The molecule has 1 unspecified atom stereocenters. The number of aromatic nitrogens is 2. The normalized spacial score (nSPS) is 18.8. The number of nitrogens with zero attached hydrogens (tertiary/aromatic N) is 2. The largest absolute Gasteiger partial charge is 0.508 e. The first-order valence-corrected chi connectivity index (χ1v) is 14.1. The Kier molecular flexibility index (Phi) is 7.25. The number of para-hydroxylation sites is 1. The second-order valence-electron chi connectivity index (χ2n) is 11.0. The maximum Gasteiger partial charge on any atom is 0.220 e. The summed E-state index contributed by atoms with van der Waals surface area (Å²) in [6.45, 7) is 2.27. The number of phenols is 1. The predicted octanol–water partition coefficient (Wildman–Crippen LogP) is 6.96. The SMILES string of the molecule is C[C@@H]1C2=C(CC[C@@H]2CC(NC(=O)CCc2ccccc2O)c2ccccc2)Cc2c1cnn2-c1ccc(F)cc1. The Morgan fingerprint density at radius 3 is 2.60 bits per heavy atom. The first kappa shape index (κ1) is 26.1. The molecule has 6 heteroatoms. The van der Waals surface area contributed by atoms with Crippen LogP contribution in [0.25, 0.3) is 5.69 Å². The second kappa shape index (κ2) is 11.1. The number of rotatable bonds is 8. The highest BCUT2D eigenvalue weighted by Crippen LogP contribution is 2.49. The maximum absolute atomic E-state index is 13.5. The molecule has 204 valence electrons. The molecule has 1 amide bonds. The van der Waals surface area contributed by atoms with Gasteiger partial charge in [-0.1, -0.05) is 66.6 Å². The molecule has 4 aromatic rings. The molecule has 0 radical (unpaired) electrons. The van der Waals surface area contributed by atoms with E-state index in [4.69, 9.17) is 5.10 Å². The van der Waals surface area contributed by atoms with Gasteiger partial charge in [0.25, 0.3) is 0 Å². The summed E-state index contributed by atoms with van der Waals surface area (Å²) in [4.78, 5) is 13.1. The van der Waals surface area contributed by atoms with Crippen molar-refractivity contribution in [1.82, 2.24) is 15.1 Å². The van der Waals surface area contributed by atoms with Crippen molar-refractivity contribution < 1.29 is 14.3 Å². The highest BCUT2D eigenvalue weighted by atomic mass is 19.1. The number of fused-ring (bicyclic) bond motifs is 1. The van der Waals surface area contributed by atoms with Crippen LogP contribution in [0, 0.1) is 11.7 Å². The van der Waals surface area contributed by atoms with Gasteiger partial charge in [-0.25, -0.2) is 9.07 Å². The van der Waals surface area contributed by atoms with E-state index in [0.29, 0.717) is 18.8 Å². The lowest BCUT2D eigenvalue weighted by molar-refractivity contribution is -0.121. The Labute approximate surface area is 234 Å². The predicted molar refractivity (Wildman–Crippen MR) is 154 cm³/mol. The summed E-state index contributed by atoms with van der Waals surface area (Å²) in [5, 5.41) is 18.1. The molecule has 1 aromatic heterocycles. The van der Waals surface area contributed by atoms with E-state index >= 15 is 0 Å². The lowest BCUT2D eigenvalue weighted by Gasteiger charge is -2.30. The molecule has 6 rings (SSSR count). The van der Waals surface area contributed by atoms with Crippen LogP contribution in [0.3, 0.4) is 0 Å². The number of phenolic OH excluding ortho intramolecular Hbond substituents is 1. The molecule has 0 bridgehead atoms. The van der Waals surface area contributed by atoms with Crippen LogP contribution < -0.4 is 5.32 Å². The summed E-state index contributed by atoms with van der Waals surface area (Å²) in [7, 11) is 0. The van der Waals surface area contributed by atoms with E-state index in [0.717, 1.165) is 42.5 Å². The van der Waals surface area contributed by atoms with E-state index < -0.39 is 0 Å². The summed E-state index contributed by atoms with van der Waals surface area (Å²) >= 11 is 0. The number of carbonyl (C=O) groups excluding carboxylic acids is 1. The molecule has 40 heavy (non-hydrogen) atoms. The van der Waals surface area contributed by atoms with Gasteiger partial charge in [0.15, 0.2) is 0 Å². The third-order valence-corrected chi connectivity index (χ3v) is 8.60. The van der Waals surface area contributed by atoms with Crippen LogP contribution >= 0.6 is 0 Å². The zero-order valence-corrected chi connectivity index (χ0v) is 22.7. The topological polar surface area (TPSA) is 67.2 Å². The van der Waals surface area contributed by atoms with Crippen molar-refractivity contribution in [3.63, 3.8) is 0 Å². The van der Waals surface area contributed by atoms with Gasteiger partial charge in [0.1, 0.15) is 11.6 Å². The van der Waals surface area contributed by atoms with E-state index in [9.17, 15) is 14.3 Å². The zero-order chi connectivity index (χ0) is 27.6. The lowest BCUT2D eigenvalue weighted by atomic mass is 9.77. The molecule has 0 saturated carbocycles. The molecule has 0 saturated heterocycles. The molecule has 2 aliphatic carbocycles. The van der Waals surface area contributed by atoms with E-state index in [1.165, 1.54) is 34.5 Å². The van der Waals surface area contributed by atoms with E-state index in [1.807, 2.05) is 41.2 Å². The van der Waals surface area contributed by atoms with Gasteiger partial charge in [-0.2, -0.15) is 5.10 Å². The minimum atomic E-state index is -0.250. The highest BCUT2D eigenvalue weighted by Gasteiger charge is 2.37. The molecule has 3 atom stereocenters. The van der Waals surface area contributed by atoms with Gasteiger partial charge in [0.05, 0.1) is 23.6 Å². The Bertz CT molecular complexity index is 1540. The minimum absolute atomic E-state index is 0.0103. The van der Waals surface area contributed by atoms with Gasteiger partial charge in [-0.3, -0.25) is 4.79 Å². The number of benzene rings is 3. The molecular weight excluding hydrogens is 501 g/mol. The third-order valence-electron chi connectivity index (χ3n) is 8.60. The van der Waals surface area contributed by atoms with Gasteiger partial charge in [-0.05, 0) is 73.1 Å². The van der Waals surface area contributed by atoms with Crippen molar-refractivity contribution in [2.75, 3.05) is 0 Å². The summed E-state index contributed by atoms with van der Waals surface area (Å²) in [5.41, 5.74) is 8.17. The number of hydrogen-bond acceptors (Lipinski definition) is 3. The van der Waals surface area contributed by atoms with Crippen LogP contribution in [-0.2, 0) is 17.6 Å². The first-order chi connectivity index (χ1) is 19.5. The Morgan fingerprint density at radius 1 is 1.07 bits per heavy atom. The van der Waals surface area contributed by atoms with E-state index in [-0.39, 0.29) is 29.4 Å². The summed E-state index contributed by atoms with van der Waals surface area (Å²) in [6, 6.07) is 23.8. The van der Waals surface area contributed by atoms with Crippen molar-refractivity contribution in [2.45, 2.75) is 57.4 Å². The number of aromatic hydroxyl groups is 1. The van der Waals surface area contributed by atoms with Gasteiger partial charge < -0.3 is 10.4 Å². The van der Waals surface area contributed by atoms with Crippen molar-refractivity contribution in [3.8, 4) is 11.4 Å². The number of nitrogens with one attached hydrogen (secondary N) is 1. The molecule has 0 fully saturated rings. The summed E-state index contributed by atoms with van der Waals surface area (Å²) < 4.78 is 15.5. The van der Waals surface area contributed by atoms with E-state index in [2.05, 4.69) is 24.4 Å². The molecule has 2 N–H and O–H groups in total. The number of halogens is 1. The molecule has 1 heterocycles. The zero-order valence-electron chi connectivity index (χ0n) is 22.7. The van der Waals surface area contributed by atoms with Crippen LogP contribution in [0.15, 0.2) is 96.2 Å². The average molecular weight is 536 g/mol. The van der Waals surface area contributed by atoms with Gasteiger partial charge >= 0.3 is 0 Å². The Morgan fingerprint density at radius 2 is 1.82 bits per heavy atom. The molecule has 0 spiro atoms. The number of amides is 1. The van der Waals surface area contributed by atoms with Crippen molar-refractivity contribution in [1.29, 1.82) is 0 Å². The van der Waals surface area contributed by atoms with Crippen LogP contribution in [-0.4, -0.2) is 20.8 Å². The molecule has 5 nitrogen and oxygen atoms in total. The van der Waals surface area contributed by atoms with Crippen molar-refractivity contribution >= 4 is 5.91 Å². The molecule has 0 aliphatic heterocycles. The fourth-order valence-corrected chi connectivity index (χ4v) is 6.62. The molecule has 2 aliphatic rings. The molecule has 3 aromatic carbocycles. The smallest absolute Gasteiger partial charge is 0.220 e. The van der Waals surface area contributed by atoms with Crippen LogP contribution in [0.5, 0.6) is 5.75 Å². The van der Waals surface area contributed by atoms with Crippen LogP contribution in [0.2, 0.25) is 0 Å². The number of allylic oxidation sites excluding steroid dienone is 2. The number of carbonyl (C=O) groups is 1. The van der Waals surface area contributed by atoms with Gasteiger partial charge in [0.2, 0.25) is 5.91 Å². The van der Waals surface area contributed by atoms with E-state index in [1.54, 1.807) is 24.3 Å². The maximum atomic E-state index is 13.5. The monoisotopic (exact) mass is 535 g/mol. The summed E-state index contributed by atoms with van der Waals surface area (Å²) in [5.74, 6) is 0.585. The lowest BCUT2D eigenvalue weighted by Crippen LogP contribution is -2.30. The fourth-order valence-electron chi connectivity index (χ4n) is 6.62. The third kappa shape index (κ3) is 5.18. The average Bonchev–Trinajstić information content (AvgIpc) is 3.58. The number of aryl methyl sites for hydroxylation is 1. The first-order valence-electron chi connectivity index (χ1n) is 14.1. The second-order valence-corrected chi connectivity index (χ2v) is 11.0. The number of hydrogen-bond donors (Lipinski definition) is 2. The van der Waals surface area contributed by atoms with Crippen molar-refractivity contribution in [3.05, 3.63) is 124 Å². The Balaban J connectivity index is 1.20. The summed E-state index contributed by atoms with van der Waals surface area (Å²) in [6.07, 6.45) is 6.60. The van der Waals surface area contributed by atoms with Gasteiger partial charge in [0, 0.05) is 24.3 Å². The van der Waals surface area contributed by atoms with Crippen LogP contribution in [0.1, 0.15) is 67.0 Å². The Hall–Kier alpha value is -4.19. The van der Waals surface area contributed by atoms with Crippen LogP contribution in [0.4, 0.5) is 4.39 Å². The quantitative estimate of drug-likeness (QED) is 0.240. The van der Waals surface area contributed by atoms with Gasteiger partial charge in [-0.15, -0.1) is 0 Å².